The van der Waals surface area contributed by atoms with E-state index in [0.29, 0.717) is 12.8 Å². The van der Waals surface area contributed by atoms with Gasteiger partial charge in [0.15, 0.2) is 6.35 Å². The fourth-order valence-corrected chi connectivity index (χ4v) is 4.92. The topological polar surface area (TPSA) is 88.1 Å². The number of carboxylic acid groups (broad SMARTS) is 1. The number of aliphatic carboxylic acids is 1. The summed E-state index contributed by atoms with van der Waals surface area (Å²) in [6.45, 7) is 1.73. The molecule has 1 heterocycles. The van der Waals surface area contributed by atoms with Gasteiger partial charge in [0.1, 0.15) is 11.8 Å². The first-order valence-corrected chi connectivity index (χ1v) is 12.0. The lowest BCUT2D eigenvalue weighted by atomic mass is 9.68. The number of carbonyl (C=O) groups excluding carboxylic acids is 1. The van der Waals surface area contributed by atoms with E-state index in [9.17, 15) is 14.7 Å². The second-order valence-electron chi connectivity index (χ2n) is 9.23. The molecule has 2 N–H and O–H groups in total. The van der Waals surface area contributed by atoms with Crippen LogP contribution in [0.5, 0.6) is 5.75 Å². The van der Waals surface area contributed by atoms with E-state index < -0.39 is 23.8 Å². The van der Waals surface area contributed by atoms with Crippen molar-refractivity contribution < 1.29 is 24.2 Å². The number of rotatable bonds is 11. The quantitative estimate of drug-likeness (QED) is 0.310. The first-order chi connectivity index (χ1) is 17.4. The lowest BCUT2D eigenvalue weighted by Gasteiger charge is -2.55. The minimum absolute atomic E-state index is 0.248. The Balaban J connectivity index is 1.55. The summed E-state index contributed by atoms with van der Waals surface area (Å²) in [6.07, 6.45) is 0.0622. The van der Waals surface area contributed by atoms with E-state index in [1.54, 1.807) is 14.0 Å². The van der Waals surface area contributed by atoms with Crippen LogP contribution in [-0.4, -0.2) is 48.5 Å². The number of carbonyl (C=O) groups is 2. The monoisotopic (exact) mass is 488 g/mol. The predicted molar refractivity (Wildman–Crippen MR) is 136 cm³/mol. The maximum absolute atomic E-state index is 13.5. The summed E-state index contributed by atoms with van der Waals surface area (Å²) in [5.74, 6) is -0.547. The zero-order chi connectivity index (χ0) is 25.7. The molecule has 1 saturated heterocycles. The fraction of sp³-hybridized carbons (Fsp3) is 0.310. The van der Waals surface area contributed by atoms with Crippen molar-refractivity contribution in [3.63, 3.8) is 0 Å². The molecule has 0 bridgehead atoms. The number of hydrogen-bond acceptors (Lipinski definition) is 5. The fourth-order valence-electron chi connectivity index (χ4n) is 4.92. The molecule has 1 amide bonds. The number of β-lactam (4-membered cyclic amide) rings is 1. The van der Waals surface area contributed by atoms with Crippen LogP contribution in [0.1, 0.15) is 36.1 Å². The lowest BCUT2D eigenvalue weighted by Crippen LogP contribution is -2.75. The van der Waals surface area contributed by atoms with Gasteiger partial charge in [-0.1, -0.05) is 72.8 Å². The third kappa shape index (κ3) is 4.98. The van der Waals surface area contributed by atoms with Gasteiger partial charge in [-0.2, -0.15) is 0 Å². The van der Waals surface area contributed by atoms with Crippen molar-refractivity contribution in [2.24, 2.45) is 5.41 Å². The Morgan fingerprint density at radius 2 is 1.53 bits per heavy atom. The Hall–Kier alpha value is -3.68. The first-order valence-electron chi connectivity index (χ1n) is 12.0. The standard InChI is InChI=1S/C29H32N2O5/c1-29(19-18-20-14-16-23(35-2)17-15-20)25(26(32)33)31(27(29)34)28(36-3)30-24(21-10-6-4-7-11-21)22-12-8-5-9-13-22/h4-17,24-25,28,30H,18-19H2,1-3H3,(H,32,33)/t25?,28?,29-/m1/s1. The number of aryl methyl sites for hydroxylation is 1. The highest BCUT2D eigenvalue weighted by Crippen LogP contribution is 2.44. The average Bonchev–Trinajstić information content (AvgIpc) is 2.92. The number of benzene rings is 3. The van der Waals surface area contributed by atoms with Crippen molar-refractivity contribution in [1.29, 1.82) is 0 Å². The highest BCUT2D eigenvalue weighted by molar-refractivity contribution is 5.99. The van der Waals surface area contributed by atoms with Crippen LogP contribution in [0, 0.1) is 5.41 Å². The molecule has 7 heteroatoms. The average molecular weight is 489 g/mol. The summed E-state index contributed by atoms with van der Waals surface area (Å²) in [4.78, 5) is 27.2. The van der Waals surface area contributed by atoms with Crippen LogP contribution >= 0.6 is 0 Å². The second kappa shape index (κ2) is 10.9. The van der Waals surface area contributed by atoms with Crippen LogP contribution in [0.2, 0.25) is 0 Å². The number of methoxy groups -OCH3 is 2. The SMILES string of the molecule is COc1ccc(CC[C@@]2(C)C(=O)N(C(NC(c3ccccc3)c3ccccc3)OC)C2C(=O)O)cc1. The number of hydrogen-bond donors (Lipinski definition) is 2. The predicted octanol–water partition coefficient (Wildman–Crippen LogP) is 4.24. The molecule has 7 nitrogen and oxygen atoms in total. The zero-order valence-electron chi connectivity index (χ0n) is 20.8. The van der Waals surface area contributed by atoms with Crippen molar-refractivity contribution in [3.8, 4) is 5.75 Å². The van der Waals surface area contributed by atoms with Crippen molar-refractivity contribution in [2.75, 3.05) is 14.2 Å². The van der Waals surface area contributed by atoms with Crippen LogP contribution in [0.15, 0.2) is 84.9 Å². The molecule has 0 spiro atoms. The molecule has 4 rings (SSSR count). The van der Waals surface area contributed by atoms with Crippen LogP contribution in [-0.2, 0) is 20.7 Å². The van der Waals surface area contributed by atoms with Gasteiger partial charge >= 0.3 is 5.97 Å². The Labute approximate surface area is 211 Å². The second-order valence-corrected chi connectivity index (χ2v) is 9.23. The van der Waals surface area contributed by atoms with Gasteiger partial charge in [0.25, 0.3) is 0 Å². The van der Waals surface area contributed by atoms with Gasteiger partial charge in [-0.15, -0.1) is 0 Å². The van der Waals surface area contributed by atoms with Crippen LogP contribution in [0.4, 0.5) is 0 Å². The van der Waals surface area contributed by atoms with Gasteiger partial charge in [-0.05, 0) is 48.6 Å². The molecule has 0 aliphatic carbocycles. The maximum atomic E-state index is 13.5. The van der Waals surface area contributed by atoms with Gasteiger partial charge in [0.2, 0.25) is 5.91 Å². The summed E-state index contributed by atoms with van der Waals surface area (Å²) in [7, 11) is 3.08. The van der Waals surface area contributed by atoms with Gasteiger partial charge < -0.3 is 14.6 Å². The van der Waals surface area contributed by atoms with Crippen molar-refractivity contribution >= 4 is 11.9 Å². The van der Waals surface area contributed by atoms with Crippen molar-refractivity contribution in [1.82, 2.24) is 10.2 Å². The molecule has 2 unspecified atom stereocenters. The smallest absolute Gasteiger partial charge is 0.327 e. The zero-order valence-corrected chi connectivity index (χ0v) is 20.8. The summed E-state index contributed by atoms with van der Waals surface area (Å²) in [5, 5.41) is 13.5. The van der Waals surface area contributed by atoms with Gasteiger partial charge in [-0.3, -0.25) is 15.0 Å². The first kappa shape index (κ1) is 25.4. The molecule has 188 valence electrons. The normalized spacial score (nSPS) is 20.2. The maximum Gasteiger partial charge on any atom is 0.327 e. The van der Waals surface area contributed by atoms with E-state index in [-0.39, 0.29) is 11.9 Å². The Morgan fingerprint density at radius 1 is 0.972 bits per heavy atom. The summed E-state index contributed by atoms with van der Waals surface area (Å²) >= 11 is 0. The molecule has 36 heavy (non-hydrogen) atoms. The Morgan fingerprint density at radius 3 is 2.00 bits per heavy atom. The molecule has 3 aromatic carbocycles. The van der Waals surface area contributed by atoms with Crippen LogP contribution in [0.25, 0.3) is 0 Å². The molecule has 1 aliphatic heterocycles. The molecule has 0 radical (unpaired) electrons. The van der Waals surface area contributed by atoms with E-state index in [1.807, 2.05) is 84.9 Å². The van der Waals surface area contributed by atoms with Gasteiger partial charge in [0.05, 0.1) is 18.6 Å². The van der Waals surface area contributed by atoms with Gasteiger partial charge in [0, 0.05) is 7.11 Å². The van der Waals surface area contributed by atoms with E-state index >= 15 is 0 Å². The molecule has 0 saturated carbocycles. The molecular weight excluding hydrogens is 456 g/mol. The third-order valence-corrected chi connectivity index (χ3v) is 6.98. The molecule has 3 atom stereocenters. The summed E-state index contributed by atoms with van der Waals surface area (Å²) < 4.78 is 10.9. The number of carboxylic acids is 1. The number of nitrogens with zero attached hydrogens (tertiary/aromatic N) is 1. The molecule has 3 aromatic rings. The molecular formula is C29H32N2O5. The Kier molecular flexibility index (Phi) is 7.72. The van der Waals surface area contributed by atoms with E-state index in [0.717, 1.165) is 22.4 Å². The van der Waals surface area contributed by atoms with Crippen molar-refractivity contribution in [2.45, 2.75) is 38.2 Å². The van der Waals surface area contributed by atoms with Crippen LogP contribution < -0.4 is 10.1 Å². The third-order valence-electron chi connectivity index (χ3n) is 6.98. The number of ether oxygens (including phenoxy) is 2. The number of nitrogens with one attached hydrogen (secondary N) is 1. The van der Waals surface area contributed by atoms with E-state index in [1.165, 1.54) is 12.0 Å². The van der Waals surface area contributed by atoms with Gasteiger partial charge in [-0.25, -0.2) is 4.79 Å². The van der Waals surface area contributed by atoms with Crippen molar-refractivity contribution in [3.05, 3.63) is 102 Å². The highest BCUT2D eigenvalue weighted by atomic mass is 16.5. The highest BCUT2D eigenvalue weighted by Gasteiger charge is 2.63. The van der Waals surface area contributed by atoms with E-state index in [4.69, 9.17) is 9.47 Å². The molecule has 1 fully saturated rings. The summed E-state index contributed by atoms with van der Waals surface area (Å²) in [5.41, 5.74) is 1.93. The number of amides is 1. The molecule has 1 aliphatic rings. The lowest BCUT2D eigenvalue weighted by molar-refractivity contribution is -0.209. The summed E-state index contributed by atoms with van der Waals surface area (Å²) in [6, 6.07) is 25.9. The Bertz CT molecular complexity index is 1130. The van der Waals surface area contributed by atoms with E-state index in [2.05, 4.69) is 5.32 Å². The van der Waals surface area contributed by atoms with Crippen LogP contribution in [0.3, 0.4) is 0 Å². The minimum atomic E-state index is -1.05. The largest absolute Gasteiger partial charge is 0.497 e. The molecule has 0 aromatic heterocycles. The number of likely N-dealkylation sites (tertiary alicyclic amines) is 1. The minimum Gasteiger partial charge on any atom is -0.497 e.